The first-order chi connectivity index (χ1) is 11.4. The van der Waals surface area contributed by atoms with Gasteiger partial charge in [-0.2, -0.15) is 0 Å². The van der Waals surface area contributed by atoms with E-state index in [9.17, 15) is 4.79 Å². The van der Waals surface area contributed by atoms with Crippen molar-refractivity contribution < 1.29 is 14.6 Å². The van der Waals surface area contributed by atoms with E-state index in [1.165, 1.54) is 4.90 Å². The van der Waals surface area contributed by atoms with Gasteiger partial charge in [0.2, 0.25) is 0 Å². The molecule has 0 atom stereocenters. The van der Waals surface area contributed by atoms with Crippen LogP contribution in [0.3, 0.4) is 0 Å². The number of nitrogen functional groups attached to an aromatic ring is 1. The van der Waals surface area contributed by atoms with Crippen LogP contribution >= 0.6 is 23.2 Å². The highest BCUT2D eigenvalue weighted by atomic mass is 35.5. The predicted molar refractivity (Wildman–Crippen MR) is 94.9 cm³/mol. The summed E-state index contributed by atoms with van der Waals surface area (Å²) in [5.41, 5.74) is 7.84. The molecule has 1 aliphatic heterocycles. The maximum atomic E-state index is 10.7. The van der Waals surface area contributed by atoms with E-state index < -0.39 is 6.09 Å². The normalized spacial score (nSPS) is 14.3. The van der Waals surface area contributed by atoms with E-state index >= 15 is 0 Å². The lowest BCUT2D eigenvalue weighted by Crippen LogP contribution is -2.51. The first-order valence-electron chi connectivity index (χ1n) is 7.39. The Labute approximate surface area is 149 Å². The van der Waals surface area contributed by atoms with Crippen molar-refractivity contribution in [3.05, 3.63) is 46.4 Å². The van der Waals surface area contributed by atoms with Crippen molar-refractivity contribution in [3.63, 3.8) is 0 Å². The van der Waals surface area contributed by atoms with Gasteiger partial charge in [-0.05, 0) is 29.8 Å². The molecule has 0 aromatic heterocycles. The van der Waals surface area contributed by atoms with E-state index in [0.717, 1.165) is 16.9 Å². The molecule has 7 heteroatoms. The van der Waals surface area contributed by atoms with Crippen molar-refractivity contribution in [2.75, 3.05) is 25.4 Å². The standard InChI is InChI=1S/C17H16Cl2N2O3/c18-14-5-12(20)6-15(19)16(14)11-1-3-13(4-2-11)24-9-10-7-21(8-10)17(22)23/h1-6,10H,7-9,20H2,(H,22,23). The Balaban J connectivity index is 1.63. The molecule has 1 heterocycles. The van der Waals surface area contributed by atoms with E-state index in [4.69, 9.17) is 38.8 Å². The number of carbonyl (C=O) groups is 1. The van der Waals surface area contributed by atoms with Gasteiger partial charge in [0, 0.05) is 30.3 Å². The predicted octanol–water partition coefficient (Wildman–Crippen LogP) is 4.23. The van der Waals surface area contributed by atoms with E-state index in [-0.39, 0.29) is 5.92 Å². The zero-order valence-corrected chi connectivity index (χ0v) is 14.2. The lowest BCUT2D eigenvalue weighted by atomic mass is 10.0. The Morgan fingerprint density at radius 2 is 1.79 bits per heavy atom. The SMILES string of the molecule is Nc1cc(Cl)c(-c2ccc(OCC3CN(C(=O)O)C3)cc2)c(Cl)c1. The molecule has 3 N–H and O–H groups in total. The number of halogens is 2. The molecule has 126 valence electrons. The molecule has 0 unspecified atom stereocenters. The largest absolute Gasteiger partial charge is 0.493 e. The zero-order valence-electron chi connectivity index (χ0n) is 12.7. The third kappa shape index (κ3) is 3.52. The van der Waals surface area contributed by atoms with E-state index in [1.54, 1.807) is 12.1 Å². The number of hydrogen-bond acceptors (Lipinski definition) is 3. The molecule has 0 bridgehead atoms. The van der Waals surface area contributed by atoms with Crippen molar-refractivity contribution in [1.82, 2.24) is 4.90 Å². The van der Waals surface area contributed by atoms with Gasteiger partial charge in [-0.1, -0.05) is 35.3 Å². The van der Waals surface area contributed by atoms with Gasteiger partial charge in [-0.25, -0.2) is 4.79 Å². The highest BCUT2D eigenvalue weighted by Gasteiger charge is 2.30. The van der Waals surface area contributed by atoms with Gasteiger partial charge < -0.3 is 20.5 Å². The molecule has 1 amide bonds. The summed E-state index contributed by atoms with van der Waals surface area (Å²) >= 11 is 12.5. The van der Waals surface area contributed by atoms with Crippen LogP contribution in [0.5, 0.6) is 5.75 Å². The highest BCUT2D eigenvalue weighted by molar-refractivity contribution is 6.39. The van der Waals surface area contributed by atoms with Crippen molar-refractivity contribution >= 4 is 35.0 Å². The van der Waals surface area contributed by atoms with Crippen LogP contribution < -0.4 is 10.5 Å². The second-order valence-electron chi connectivity index (χ2n) is 5.75. The van der Waals surface area contributed by atoms with Crippen LogP contribution in [0, 0.1) is 5.92 Å². The van der Waals surface area contributed by atoms with Crippen molar-refractivity contribution in [3.8, 4) is 16.9 Å². The van der Waals surface area contributed by atoms with Crippen molar-refractivity contribution in [2.45, 2.75) is 0 Å². The van der Waals surface area contributed by atoms with Crippen LogP contribution in [0.4, 0.5) is 10.5 Å². The Kier molecular flexibility index (Phi) is 4.73. The fourth-order valence-electron chi connectivity index (χ4n) is 2.63. The number of hydrogen-bond donors (Lipinski definition) is 2. The number of ether oxygens (including phenoxy) is 1. The number of nitrogens with two attached hydrogens (primary N) is 1. The van der Waals surface area contributed by atoms with Crippen LogP contribution in [0.1, 0.15) is 0 Å². The Morgan fingerprint density at radius 3 is 2.33 bits per heavy atom. The quantitative estimate of drug-likeness (QED) is 0.793. The van der Waals surface area contributed by atoms with E-state index in [2.05, 4.69) is 0 Å². The Morgan fingerprint density at radius 1 is 1.21 bits per heavy atom. The topological polar surface area (TPSA) is 75.8 Å². The van der Waals surface area contributed by atoms with Gasteiger partial charge in [-0.3, -0.25) is 0 Å². The number of likely N-dealkylation sites (tertiary alicyclic amines) is 1. The third-order valence-electron chi connectivity index (χ3n) is 3.92. The molecule has 2 aromatic rings. The molecule has 1 saturated heterocycles. The van der Waals surface area contributed by atoms with Crippen molar-refractivity contribution in [2.24, 2.45) is 5.92 Å². The molecule has 0 spiro atoms. The Hall–Kier alpha value is -2.11. The van der Waals surface area contributed by atoms with Crippen LogP contribution in [0.2, 0.25) is 10.0 Å². The monoisotopic (exact) mass is 366 g/mol. The summed E-state index contributed by atoms with van der Waals surface area (Å²) in [6.07, 6.45) is -0.882. The summed E-state index contributed by atoms with van der Waals surface area (Å²) in [6.45, 7) is 1.53. The molecule has 0 aliphatic carbocycles. The highest BCUT2D eigenvalue weighted by Crippen LogP contribution is 2.37. The van der Waals surface area contributed by atoms with Gasteiger partial charge in [0.25, 0.3) is 0 Å². The van der Waals surface area contributed by atoms with Gasteiger partial charge in [0.05, 0.1) is 16.7 Å². The molecule has 5 nitrogen and oxygen atoms in total. The number of amides is 1. The first kappa shape index (κ1) is 16.7. The molecule has 3 rings (SSSR count). The molecule has 2 aromatic carbocycles. The first-order valence-corrected chi connectivity index (χ1v) is 8.15. The fourth-order valence-corrected chi connectivity index (χ4v) is 3.35. The van der Waals surface area contributed by atoms with Gasteiger partial charge >= 0.3 is 6.09 Å². The maximum absolute atomic E-state index is 10.7. The average Bonchev–Trinajstić information content (AvgIpc) is 2.45. The molecule has 24 heavy (non-hydrogen) atoms. The maximum Gasteiger partial charge on any atom is 0.407 e. The van der Waals surface area contributed by atoms with Crippen LogP contribution in [0.15, 0.2) is 36.4 Å². The summed E-state index contributed by atoms with van der Waals surface area (Å²) in [5, 5.41) is 9.79. The van der Waals surface area contributed by atoms with Gasteiger partial charge in [-0.15, -0.1) is 0 Å². The molecular formula is C17H16Cl2N2O3. The number of anilines is 1. The summed E-state index contributed by atoms with van der Waals surface area (Å²) < 4.78 is 5.70. The minimum atomic E-state index is -0.882. The van der Waals surface area contributed by atoms with Gasteiger partial charge in [0.1, 0.15) is 5.75 Å². The fraction of sp³-hybridized carbons (Fsp3) is 0.235. The van der Waals surface area contributed by atoms with E-state index in [1.807, 2.05) is 24.3 Å². The second-order valence-corrected chi connectivity index (χ2v) is 6.56. The lowest BCUT2D eigenvalue weighted by molar-refractivity contribution is 0.0585. The van der Waals surface area contributed by atoms with Crippen molar-refractivity contribution in [1.29, 1.82) is 0 Å². The number of benzene rings is 2. The molecule has 1 fully saturated rings. The van der Waals surface area contributed by atoms with E-state index in [0.29, 0.717) is 35.4 Å². The number of rotatable bonds is 4. The number of carboxylic acid groups (broad SMARTS) is 1. The second kappa shape index (κ2) is 6.79. The van der Waals surface area contributed by atoms with Gasteiger partial charge in [0.15, 0.2) is 0 Å². The Bertz CT molecular complexity index is 736. The summed E-state index contributed by atoms with van der Waals surface area (Å²) in [5.74, 6) is 0.956. The third-order valence-corrected chi connectivity index (χ3v) is 4.52. The zero-order chi connectivity index (χ0) is 17.3. The smallest absolute Gasteiger partial charge is 0.407 e. The average molecular weight is 367 g/mol. The minimum Gasteiger partial charge on any atom is -0.493 e. The molecule has 1 aliphatic rings. The van der Waals surface area contributed by atoms with Crippen LogP contribution in [-0.4, -0.2) is 35.8 Å². The minimum absolute atomic E-state index is 0.238. The molecular weight excluding hydrogens is 351 g/mol. The molecule has 0 radical (unpaired) electrons. The molecule has 0 saturated carbocycles. The summed E-state index contributed by atoms with van der Waals surface area (Å²) in [4.78, 5) is 12.1. The van der Waals surface area contributed by atoms with Crippen LogP contribution in [0.25, 0.3) is 11.1 Å². The number of nitrogens with zero attached hydrogens (tertiary/aromatic N) is 1. The van der Waals surface area contributed by atoms with Crippen LogP contribution in [-0.2, 0) is 0 Å². The summed E-state index contributed by atoms with van der Waals surface area (Å²) in [6, 6.07) is 10.8. The summed E-state index contributed by atoms with van der Waals surface area (Å²) in [7, 11) is 0. The lowest BCUT2D eigenvalue weighted by Gasteiger charge is -2.36.